The smallest absolute Gasteiger partial charge is 0.0587 e. The molecule has 2 heteroatoms. The average molecular weight is 301 g/mol. The standard InChI is InChI=1S/C19H27NS/c1-7-20-18(17-12-13(2)21-14(17)3)15-8-10-16(11-9-15)19(4,5)6/h8-12,18,20H,7H2,1-6H3. The lowest BCUT2D eigenvalue weighted by Crippen LogP contribution is -2.22. The van der Waals surface area contributed by atoms with Gasteiger partial charge in [0.25, 0.3) is 0 Å². The lowest BCUT2D eigenvalue weighted by atomic mass is 9.86. The van der Waals surface area contributed by atoms with Crippen LogP contribution in [-0.2, 0) is 5.41 Å². The quantitative estimate of drug-likeness (QED) is 0.801. The van der Waals surface area contributed by atoms with Gasteiger partial charge in [-0.3, -0.25) is 0 Å². The first kappa shape index (κ1) is 16.3. The van der Waals surface area contributed by atoms with Gasteiger partial charge in [0, 0.05) is 9.75 Å². The molecule has 21 heavy (non-hydrogen) atoms. The molecule has 0 saturated carbocycles. The molecule has 1 nitrogen and oxygen atoms in total. The number of hydrogen-bond acceptors (Lipinski definition) is 2. The molecule has 1 aromatic carbocycles. The first-order chi connectivity index (χ1) is 9.82. The molecule has 0 aliphatic carbocycles. The molecule has 1 heterocycles. The van der Waals surface area contributed by atoms with E-state index in [1.54, 1.807) is 0 Å². The lowest BCUT2D eigenvalue weighted by Gasteiger charge is -2.22. The third-order valence-corrected chi connectivity index (χ3v) is 4.89. The fourth-order valence-corrected chi connectivity index (χ4v) is 3.69. The van der Waals surface area contributed by atoms with Crippen LogP contribution in [0.1, 0.15) is 60.2 Å². The van der Waals surface area contributed by atoms with Crippen LogP contribution in [0.25, 0.3) is 0 Å². The summed E-state index contributed by atoms with van der Waals surface area (Å²) >= 11 is 1.89. The van der Waals surface area contributed by atoms with E-state index < -0.39 is 0 Å². The summed E-state index contributed by atoms with van der Waals surface area (Å²) in [5.41, 5.74) is 4.37. The second kappa shape index (κ2) is 6.33. The third-order valence-electron chi connectivity index (χ3n) is 3.91. The summed E-state index contributed by atoms with van der Waals surface area (Å²) in [6.45, 7) is 14.3. The molecular formula is C19H27NS. The van der Waals surface area contributed by atoms with Gasteiger partial charge in [-0.15, -0.1) is 11.3 Å². The monoisotopic (exact) mass is 301 g/mol. The molecule has 1 unspecified atom stereocenters. The Morgan fingerprint density at radius 3 is 2.14 bits per heavy atom. The van der Waals surface area contributed by atoms with Crippen molar-refractivity contribution in [2.45, 2.75) is 53.0 Å². The van der Waals surface area contributed by atoms with Gasteiger partial charge in [0.2, 0.25) is 0 Å². The maximum absolute atomic E-state index is 3.63. The van der Waals surface area contributed by atoms with E-state index in [9.17, 15) is 0 Å². The van der Waals surface area contributed by atoms with E-state index in [1.165, 1.54) is 26.4 Å². The summed E-state index contributed by atoms with van der Waals surface area (Å²) in [6.07, 6.45) is 0. The van der Waals surface area contributed by atoms with Crippen LogP contribution in [-0.4, -0.2) is 6.54 Å². The fourth-order valence-electron chi connectivity index (χ4n) is 2.72. The zero-order valence-corrected chi connectivity index (χ0v) is 14.9. The normalized spacial score (nSPS) is 13.4. The molecule has 1 N–H and O–H groups in total. The maximum Gasteiger partial charge on any atom is 0.0587 e. The first-order valence-corrected chi connectivity index (χ1v) is 8.55. The average Bonchev–Trinajstić information content (AvgIpc) is 2.74. The first-order valence-electron chi connectivity index (χ1n) is 7.73. The Bertz CT molecular complexity index is 587. The number of benzene rings is 1. The Labute approximate surface area is 133 Å². The highest BCUT2D eigenvalue weighted by Crippen LogP contribution is 2.32. The minimum absolute atomic E-state index is 0.209. The van der Waals surface area contributed by atoms with Gasteiger partial charge in [-0.2, -0.15) is 0 Å². The molecule has 0 bridgehead atoms. The molecular weight excluding hydrogens is 274 g/mol. The Hall–Kier alpha value is -1.12. The number of rotatable bonds is 4. The molecule has 0 saturated heterocycles. The number of nitrogens with one attached hydrogen (secondary N) is 1. The zero-order valence-electron chi connectivity index (χ0n) is 14.1. The molecule has 2 rings (SSSR count). The van der Waals surface area contributed by atoms with Crippen LogP contribution in [0.15, 0.2) is 30.3 Å². The third kappa shape index (κ3) is 3.75. The highest BCUT2D eigenvalue weighted by Gasteiger charge is 2.19. The van der Waals surface area contributed by atoms with Gasteiger partial charge >= 0.3 is 0 Å². The number of aryl methyl sites for hydroxylation is 2. The van der Waals surface area contributed by atoms with E-state index in [-0.39, 0.29) is 5.41 Å². The predicted molar refractivity (Wildman–Crippen MR) is 94.5 cm³/mol. The molecule has 0 fully saturated rings. The Balaban J connectivity index is 2.37. The van der Waals surface area contributed by atoms with Crippen molar-refractivity contribution in [3.63, 3.8) is 0 Å². The maximum atomic E-state index is 3.63. The lowest BCUT2D eigenvalue weighted by molar-refractivity contribution is 0.587. The molecule has 0 aliphatic heterocycles. The molecule has 0 spiro atoms. The van der Waals surface area contributed by atoms with Crippen molar-refractivity contribution in [1.82, 2.24) is 5.32 Å². The van der Waals surface area contributed by atoms with Gasteiger partial charge < -0.3 is 5.32 Å². The van der Waals surface area contributed by atoms with Crippen LogP contribution >= 0.6 is 11.3 Å². The van der Waals surface area contributed by atoms with E-state index in [0.29, 0.717) is 6.04 Å². The van der Waals surface area contributed by atoms with E-state index in [0.717, 1.165) is 6.54 Å². The van der Waals surface area contributed by atoms with Crippen LogP contribution in [0.2, 0.25) is 0 Å². The predicted octanol–water partition coefficient (Wildman–Crippen LogP) is 5.36. The summed E-state index contributed by atoms with van der Waals surface area (Å²) in [5, 5.41) is 3.63. The molecule has 114 valence electrons. The van der Waals surface area contributed by atoms with Crippen LogP contribution in [0, 0.1) is 13.8 Å². The van der Waals surface area contributed by atoms with Gasteiger partial charge in [0.15, 0.2) is 0 Å². The van der Waals surface area contributed by atoms with Crippen molar-refractivity contribution in [1.29, 1.82) is 0 Å². The van der Waals surface area contributed by atoms with Crippen molar-refractivity contribution in [2.24, 2.45) is 0 Å². The largest absolute Gasteiger partial charge is 0.306 e. The summed E-state index contributed by atoms with van der Waals surface area (Å²) < 4.78 is 0. The number of hydrogen-bond donors (Lipinski definition) is 1. The van der Waals surface area contributed by atoms with Crippen LogP contribution in [0.3, 0.4) is 0 Å². The Kier molecular flexibility index (Phi) is 4.90. The fraction of sp³-hybridized carbons (Fsp3) is 0.474. The van der Waals surface area contributed by atoms with Crippen molar-refractivity contribution in [2.75, 3.05) is 6.54 Å². The molecule has 1 atom stereocenters. The highest BCUT2D eigenvalue weighted by molar-refractivity contribution is 7.12. The van der Waals surface area contributed by atoms with Gasteiger partial charge in [-0.1, -0.05) is 52.0 Å². The van der Waals surface area contributed by atoms with Gasteiger partial charge in [0.1, 0.15) is 0 Å². The molecule has 0 radical (unpaired) electrons. The summed E-state index contributed by atoms with van der Waals surface area (Å²) in [7, 11) is 0. The minimum atomic E-state index is 0.209. The molecule has 2 aromatic rings. The van der Waals surface area contributed by atoms with Gasteiger partial charge in [-0.05, 0) is 48.6 Å². The van der Waals surface area contributed by atoms with E-state index >= 15 is 0 Å². The van der Waals surface area contributed by atoms with E-state index in [4.69, 9.17) is 0 Å². The summed E-state index contributed by atoms with van der Waals surface area (Å²) in [6, 6.07) is 11.7. The van der Waals surface area contributed by atoms with Crippen LogP contribution < -0.4 is 5.32 Å². The summed E-state index contributed by atoms with van der Waals surface area (Å²) in [5.74, 6) is 0. The highest BCUT2D eigenvalue weighted by atomic mass is 32.1. The molecule has 0 amide bonds. The molecule has 0 aliphatic rings. The second-order valence-corrected chi connectivity index (χ2v) is 8.19. The van der Waals surface area contributed by atoms with Crippen LogP contribution in [0.4, 0.5) is 0 Å². The Morgan fingerprint density at radius 1 is 1.10 bits per heavy atom. The van der Waals surface area contributed by atoms with Crippen molar-refractivity contribution in [3.05, 3.63) is 56.8 Å². The Morgan fingerprint density at radius 2 is 1.71 bits per heavy atom. The SMILES string of the molecule is CCNC(c1ccc(C(C)(C)C)cc1)c1cc(C)sc1C. The van der Waals surface area contributed by atoms with Gasteiger partial charge in [-0.25, -0.2) is 0 Å². The van der Waals surface area contributed by atoms with Crippen molar-refractivity contribution >= 4 is 11.3 Å². The second-order valence-electron chi connectivity index (χ2n) is 6.73. The van der Waals surface area contributed by atoms with Crippen molar-refractivity contribution in [3.8, 4) is 0 Å². The topological polar surface area (TPSA) is 12.0 Å². The summed E-state index contributed by atoms with van der Waals surface area (Å²) in [4.78, 5) is 2.80. The van der Waals surface area contributed by atoms with Crippen molar-refractivity contribution < 1.29 is 0 Å². The number of thiophene rings is 1. The van der Waals surface area contributed by atoms with E-state index in [1.807, 2.05) is 11.3 Å². The molecule has 1 aromatic heterocycles. The van der Waals surface area contributed by atoms with Crippen LogP contribution in [0.5, 0.6) is 0 Å². The van der Waals surface area contributed by atoms with E-state index in [2.05, 4.69) is 77.2 Å². The minimum Gasteiger partial charge on any atom is -0.306 e. The van der Waals surface area contributed by atoms with Gasteiger partial charge in [0.05, 0.1) is 6.04 Å². The zero-order chi connectivity index (χ0) is 15.6.